The molecule has 1 aromatic carbocycles. The van der Waals surface area contributed by atoms with Gasteiger partial charge < -0.3 is 4.74 Å². The largest absolute Gasteiger partial charge is 0.491 e. The Kier molecular flexibility index (Phi) is 3.91. The van der Waals surface area contributed by atoms with Gasteiger partial charge in [-0.15, -0.1) is 5.10 Å². The van der Waals surface area contributed by atoms with Gasteiger partial charge in [-0.2, -0.15) is 17.9 Å². The summed E-state index contributed by atoms with van der Waals surface area (Å²) in [4.78, 5) is 0. The lowest BCUT2D eigenvalue weighted by Crippen LogP contribution is -2.14. The summed E-state index contributed by atoms with van der Waals surface area (Å²) in [6.45, 7) is 3.90. The average molecular weight is 286 g/mol. The number of hydrogen-bond donors (Lipinski definition) is 0. The smallest absolute Gasteiger partial charge is 0.453 e. The first-order valence-corrected chi connectivity index (χ1v) is 6.04. The quantitative estimate of drug-likeness (QED) is 0.867. The normalized spacial score (nSPS) is 13.2. The number of aromatic nitrogens is 4. The maximum atomic E-state index is 12.7. The number of hydrogen-bond acceptors (Lipinski definition) is 4. The van der Waals surface area contributed by atoms with Crippen molar-refractivity contribution >= 4 is 0 Å². The average Bonchev–Trinajstić information content (AvgIpc) is 2.88. The number of tetrazole rings is 1. The van der Waals surface area contributed by atoms with Crippen LogP contribution in [-0.2, 0) is 6.18 Å². The first kappa shape index (κ1) is 14.3. The van der Waals surface area contributed by atoms with E-state index >= 15 is 0 Å². The maximum absolute atomic E-state index is 12.7. The monoisotopic (exact) mass is 286 g/mol. The van der Waals surface area contributed by atoms with Crippen LogP contribution in [0.4, 0.5) is 13.2 Å². The third-order valence-electron chi connectivity index (χ3n) is 2.72. The number of halogens is 3. The molecule has 1 aromatic heterocycles. The van der Waals surface area contributed by atoms with E-state index in [-0.39, 0.29) is 11.8 Å². The molecule has 0 spiro atoms. The minimum atomic E-state index is -4.60. The fourth-order valence-electron chi connectivity index (χ4n) is 1.52. The summed E-state index contributed by atoms with van der Waals surface area (Å²) in [6.07, 6.45) is -3.72. The second kappa shape index (κ2) is 5.48. The molecule has 2 rings (SSSR count). The van der Waals surface area contributed by atoms with Gasteiger partial charge in [-0.3, -0.25) is 0 Å². The highest BCUT2D eigenvalue weighted by molar-refractivity contribution is 5.37. The number of rotatable bonds is 4. The van der Waals surface area contributed by atoms with E-state index in [1.165, 1.54) is 12.1 Å². The molecule has 0 fully saturated rings. The van der Waals surface area contributed by atoms with Gasteiger partial charge in [-0.1, -0.05) is 6.92 Å². The molecule has 20 heavy (non-hydrogen) atoms. The van der Waals surface area contributed by atoms with E-state index in [1.807, 2.05) is 13.8 Å². The lowest BCUT2D eigenvalue weighted by atomic mass is 10.3. The van der Waals surface area contributed by atoms with Gasteiger partial charge in [-0.05, 0) is 48.0 Å². The second-order valence-corrected chi connectivity index (χ2v) is 4.24. The molecule has 2 aromatic rings. The van der Waals surface area contributed by atoms with Crippen LogP contribution in [-0.4, -0.2) is 26.3 Å². The molecule has 1 atom stereocenters. The van der Waals surface area contributed by atoms with E-state index in [1.54, 1.807) is 12.1 Å². The van der Waals surface area contributed by atoms with Crippen LogP contribution in [0.3, 0.4) is 0 Å². The molecule has 1 heterocycles. The molecule has 0 radical (unpaired) electrons. The van der Waals surface area contributed by atoms with Gasteiger partial charge >= 0.3 is 6.18 Å². The predicted molar refractivity (Wildman–Crippen MR) is 64.5 cm³/mol. The van der Waals surface area contributed by atoms with E-state index in [0.29, 0.717) is 10.4 Å². The lowest BCUT2D eigenvalue weighted by Gasteiger charge is -2.13. The Morgan fingerprint density at radius 1 is 1.25 bits per heavy atom. The first-order valence-electron chi connectivity index (χ1n) is 6.04. The Bertz CT molecular complexity index is 565. The highest BCUT2D eigenvalue weighted by atomic mass is 19.4. The molecule has 0 N–H and O–H groups in total. The predicted octanol–water partition coefficient (Wildman–Crippen LogP) is 2.86. The van der Waals surface area contributed by atoms with E-state index in [0.717, 1.165) is 6.42 Å². The van der Waals surface area contributed by atoms with Crippen molar-refractivity contribution < 1.29 is 17.9 Å². The number of benzene rings is 1. The van der Waals surface area contributed by atoms with Crippen LogP contribution in [0, 0.1) is 0 Å². The van der Waals surface area contributed by atoms with Crippen molar-refractivity contribution in [2.24, 2.45) is 0 Å². The van der Waals surface area contributed by atoms with Gasteiger partial charge in [0.2, 0.25) is 0 Å². The molecule has 1 unspecified atom stereocenters. The van der Waals surface area contributed by atoms with Crippen LogP contribution in [0.15, 0.2) is 24.3 Å². The van der Waals surface area contributed by atoms with Gasteiger partial charge in [0.25, 0.3) is 5.82 Å². The Labute approximate surface area is 113 Å². The zero-order valence-corrected chi connectivity index (χ0v) is 10.9. The van der Waals surface area contributed by atoms with Crippen molar-refractivity contribution in [3.8, 4) is 11.4 Å². The van der Waals surface area contributed by atoms with Crippen molar-refractivity contribution in [3.63, 3.8) is 0 Å². The van der Waals surface area contributed by atoms with Crippen LogP contribution < -0.4 is 4.74 Å². The molecule has 0 bridgehead atoms. The van der Waals surface area contributed by atoms with Gasteiger partial charge in [0.1, 0.15) is 5.75 Å². The van der Waals surface area contributed by atoms with Gasteiger partial charge in [0.15, 0.2) is 0 Å². The summed E-state index contributed by atoms with van der Waals surface area (Å²) in [5, 5.41) is 9.41. The van der Waals surface area contributed by atoms with Crippen molar-refractivity contribution in [1.82, 2.24) is 20.2 Å². The Morgan fingerprint density at radius 3 is 2.45 bits per heavy atom. The number of ether oxygens (including phenoxy) is 1. The minimum absolute atomic E-state index is 0.0413. The topological polar surface area (TPSA) is 52.8 Å². The van der Waals surface area contributed by atoms with Crippen LogP contribution in [0.25, 0.3) is 5.69 Å². The fraction of sp³-hybridized carbons (Fsp3) is 0.417. The molecule has 8 heteroatoms. The minimum Gasteiger partial charge on any atom is -0.491 e. The van der Waals surface area contributed by atoms with E-state index in [9.17, 15) is 13.2 Å². The van der Waals surface area contributed by atoms with Crippen molar-refractivity contribution in [2.45, 2.75) is 32.5 Å². The van der Waals surface area contributed by atoms with Crippen LogP contribution >= 0.6 is 0 Å². The standard InChI is InChI=1S/C12H13F3N4O/c1-3-8(2)20-10-6-4-9(5-7-10)19-11(12(13,14)15)16-17-18-19/h4-8H,3H2,1-2H3. The zero-order valence-electron chi connectivity index (χ0n) is 10.9. The van der Waals surface area contributed by atoms with E-state index in [2.05, 4.69) is 15.5 Å². The second-order valence-electron chi connectivity index (χ2n) is 4.24. The van der Waals surface area contributed by atoms with E-state index < -0.39 is 12.0 Å². The van der Waals surface area contributed by atoms with Crippen molar-refractivity contribution in [1.29, 1.82) is 0 Å². The Balaban J connectivity index is 2.25. The molecule has 0 amide bonds. The molecule has 0 aliphatic rings. The van der Waals surface area contributed by atoms with Crippen molar-refractivity contribution in [2.75, 3.05) is 0 Å². The van der Waals surface area contributed by atoms with Crippen LogP contribution in [0.1, 0.15) is 26.1 Å². The van der Waals surface area contributed by atoms with Crippen LogP contribution in [0.5, 0.6) is 5.75 Å². The molecular weight excluding hydrogens is 273 g/mol. The molecule has 5 nitrogen and oxygen atoms in total. The van der Waals surface area contributed by atoms with Crippen molar-refractivity contribution in [3.05, 3.63) is 30.1 Å². The third-order valence-corrected chi connectivity index (χ3v) is 2.72. The lowest BCUT2D eigenvalue weighted by molar-refractivity contribution is -0.146. The highest BCUT2D eigenvalue weighted by Crippen LogP contribution is 2.28. The SMILES string of the molecule is CCC(C)Oc1ccc(-n2nnnc2C(F)(F)F)cc1. The number of alkyl halides is 3. The summed E-state index contributed by atoms with van der Waals surface area (Å²) < 4.78 is 44.2. The Hall–Kier alpha value is -2.12. The summed E-state index contributed by atoms with van der Waals surface area (Å²) in [6, 6.07) is 6.12. The molecule has 108 valence electrons. The molecule has 0 aliphatic carbocycles. The van der Waals surface area contributed by atoms with Gasteiger partial charge in [0, 0.05) is 0 Å². The summed E-state index contributed by atoms with van der Waals surface area (Å²) in [5.41, 5.74) is 0.221. The summed E-state index contributed by atoms with van der Waals surface area (Å²) in [7, 11) is 0. The van der Waals surface area contributed by atoms with Gasteiger partial charge in [0.05, 0.1) is 11.8 Å². The highest BCUT2D eigenvalue weighted by Gasteiger charge is 2.38. The molecule has 0 saturated carbocycles. The summed E-state index contributed by atoms with van der Waals surface area (Å²) in [5.74, 6) is -0.571. The van der Waals surface area contributed by atoms with Gasteiger partial charge in [-0.25, -0.2) is 0 Å². The third kappa shape index (κ3) is 3.06. The Morgan fingerprint density at radius 2 is 1.90 bits per heavy atom. The zero-order chi connectivity index (χ0) is 14.8. The fourth-order valence-corrected chi connectivity index (χ4v) is 1.52. The van der Waals surface area contributed by atoms with E-state index in [4.69, 9.17) is 4.74 Å². The number of nitrogens with zero attached hydrogens (tertiary/aromatic N) is 4. The molecular formula is C12H13F3N4O. The molecule has 0 aliphatic heterocycles. The molecule has 0 saturated heterocycles. The first-order chi connectivity index (χ1) is 9.41. The maximum Gasteiger partial charge on any atom is 0.453 e. The summed E-state index contributed by atoms with van der Waals surface area (Å²) >= 11 is 0. The van der Waals surface area contributed by atoms with Crippen LogP contribution in [0.2, 0.25) is 0 Å².